The molecule has 0 amide bonds. The van der Waals surface area contributed by atoms with Gasteiger partial charge in [-0.05, 0) is 59.4 Å². The van der Waals surface area contributed by atoms with Gasteiger partial charge in [0.2, 0.25) is 0 Å². The van der Waals surface area contributed by atoms with Gasteiger partial charge in [0, 0.05) is 92.3 Å². The topological polar surface area (TPSA) is 354 Å². The monoisotopic (exact) mass is 1080 g/mol. The maximum atomic E-state index is 11.0. The second kappa shape index (κ2) is 44.0. The molecule has 378 valence electrons. The molecule has 0 bridgehead atoms. The Morgan fingerprint density at radius 2 is 1.02 bits per heavy atom. The number of aliphatic carboxylic acids is 3. The van der Waals surface area contributed by atoms with Gasteiger partial charge in [-0.2, -0.15) is 8.42 Å². The predicted molar refractivity (Wildman–Crippen MR) is 233 cm³/mol. The van der Waals surface area contributed by atoms with Gasteiger partial charge in [0.25, 0.3) is 10.1 Å². The van der Waals surface area contributed by atoms with Crippen LogP contribution in [0.2, 0.25) is 18.1 Å². The Morgan fingerprint density at radius 1 is 0.600 bits per heavy atom. The maximum absolute atomic E-state index is 11.0. The zero-order valence-electron chi connectivity index (χ0n) is 39.7. The van der Waals surface area contributed by atoms with Gasteiger partial charge >= 0.3 is 133 Å². The molecular weight excluding hydrogens is 1000 g/mol. The molecular formula is C33H75KN2NaO23PSSi3+2. The van der Waals surface area contributed by atoms with Crippen LogP contribution in [0.4, 0.5) is 0 Å². The van der Waals surface area contributed by atoms with Crippen molar-refractivity contribution < 1.29 is 188 Å². The van der Waals surface area contributed by atoms with Gasteiger partial charge in [-0.15, -0.1) is 0 Å². The number of carboxylic acids is 3. The fraction of sp³-hybridized carbons (Fsp3) is 0.909. The molecule has 0 aliphatic heterocycles. The number of hydrogen-bond donors (Lipinski definition) is 8. The Bertz CT molecular complexity index is 1320. The third kappa shape index (κ3) is 51.4. The molecule has 1 atom stereocenters. The third-order valence-corrected chi connectivity index (χ3v) is 16.3. The molecule has 0 aliphatic rings. The van der Waals surface area contributed by atoms with Crippen LogP contribution < -0.4 is 80.9 Å². The van der Waals surface area contributed by atoms with E-state index in [0.29, 0.717) is 58.7 Å². The largest absolute Gasteiger partial charge is 1.00 e. The van der Waals surface area contributed by atoms with Crippen LogP contribution in [0.5, 0.6) is 0 Å². The van der Waals surface area contributed by atoms with Crippen molar-refractivity contribution in [2.24, 2.45) is 0 Å². The first-order valence-corrected chi connectivity index (χ1v) is 29.7. The van der Waals surface area contributed by atoms with E-state index in [2.05, 4.69) is 4.52 Å². The van der Waals surface area contributed by atoms with Crippen molar-refractivity contribution in [1.29, 1.82) is 0 Å². The third-order valence-electron chi connectivity index (χ3n) is 7.86. The minimum atomic E-state index is -4.00. The summed E-state index contributed by atoms with van der Waals surface area (Å²) in [5, 5.41) is 26.7. The molecule has 0 radical (unpaired) electrons. The summed E-state index contributed by atoms with van der Waals surface area (Å²) in [5.74, 6) is -3.60. The van der Waals surface area contributed by atoms with Gasteiger partial charge in [-0.25, -0.2) is 0 Å². The quantitative estimate of drug-likeness (QED) is 0.0123. The van der Waals surface area contributed by atoms with Crippen molar-refractivity contribution >= 4 is 62.0 Å². The number of ether oxygens (including phenoxy) is 2. The second-order valence-electron chi connectivity index (χ2n) is 13.4. The van der Waals surface area contributed by atoms with E-state index in [9.17, 15) is 27.4 Å². The number of hydrogen-bond acceptors (Lipinski definition) is 20. The Labute approximate surface area is 452 Å². The summed E-state index contributed by atoms with van der Waals surface area (Å²) >= 11 is 0. The molecule has 65 heavy (non-hydrogen) atoms. The van der Waals surface area contributed by atoms with Crippen molar-refractivity contribution in [3.05, 3.63) is 0 Å². The molecule has 0 aliphatic carbocycles. The molecule has 0 aromatic heterocycles. The van der Waals surface area contributed by atoms with Crippen molar-refractivity contribution in [3.63, 3.8) is 0 Å². The Hall–Kier alpha value is 1.24. The van der Waals surface area contributed by atoms with Gasteiger partial charge in [0.05, 0.1) is 45.2 Å². The van der Waals surface area contributed by atoms with Crippen LogP contribution in [-0.2, 0) is 69.6 Å². The average Bonchev–Trinajstić information content (AvgIpc) is 3.15. The predicted octanol–water partition coefficient (Wildman–Crippen LogP) is -5.63. The van der Waals surface area contributed by atoms with E-state index in [1.165, 1.54) is 26.2 Å². The van der Waals surface area contributed by atoms with Crippen LogP contribution >= 0.6 is 7.60 Å². The fourth-order valence-corrected chi connectivity index (χ4v) is 11.1. The van der Waals surface area contributed by atoms with Crippen LogP contribution in [0.15, 0.2) is 0 Å². The van der Waals surface area contributed by atoms with Crippen LogP contribution in [0.25, 0.3) is 0 Å². The van der Waals surface area contributed by atoms with E-state index in [-0.39, 0.29) is 138 Å². The first-order chi connectivity index (χ1) is 29.3. The number of carbonyl (C=O) groups is 3. The van der Waals surface area contributed by atoms with Crippen LogP contribution in [0, 0.1) is 0 Å². The molecule has 0 aromatic rings. The number of unbranched alkanes of at least 4 members (excludes halogenated alkanes) is 1. The Kier molecular flexibility index (Phi) is 50.9. The van der Waals surface area contributed by atoms with Crippen molar-refractivity contribution in [2.75, 3.05) is 126 Å². The molecule has 8 N–H and O–H groups in total. The van der Waals surface area contributed by atoms with E-state index in [4.69, 9.17) is 75.2 Å². The number of nitrogens with zero attached hydrogens (tertiary/aromatic N) is 2. The number of carboxylic acid groups (broad SMARTS) is 3. The Morgan fingerprint density at radius 3 is 1.40 bits per heavy atom. The SMILES string of the molecule is CCO[Si](CCCCOCCOCCCS(=O)(=O)O)(OCC)OCC.CO[Si](CCCN(CCN(CC(=O)O)CC(=O)O)CC(=O)O)(OC)OC.CP(=O)(O)OCCC[Si](O)(O)O.[K+].[Na+]. The fourth-order valence-electron chi connectivity index (χ4n) is 5.17. The molecule has 0 heterocycles. The first-order valence-electron chi connectivity index (χ1n) is 20.2. The molecule has 0 saturated heterocycles. The van der Waals surface area contributed by atoms with E-state index in [1.54, 1.807) is 4.90 Å². The van der Waals surface area contributed by atoms with Crippen molar-refractivity contribution in [2.45, 2.75) is 71.0 Å². The number of rotatable bonds is 39. The molecule has 0 aromatic carbocycles. The summed E-state index contributed by atoms with van der Waals surface area (Å²) < 4.78 is 88.5. The Balaban J connectivity index is -0.000000290. The minimum Gasteiger partial charge on any atom is -0.480 e. The summed E-state index contributed by atoms with van der Waals surface area (Å²) in [4.78, 5) is 69.6. The average molecular weight is 1080 g/mol. The smallest absolute Gasteiger partial charge is 0.480 e. The second-order valence-corrected chi connectivity index (χ2v) is 24.7. The van der Waals surface area contributed by atoms with Gasteiger partial charge in [-0.3, -0.25) is 33.3 Å². The van der Waals surface area contributed by atoms with Gasteiger partial charge in [-0.1, -0.05) is 0 Å². The standard InChI is InChI=1S/C15H34O8SSi.C14H28N2O9Si.C4H13O6PSi.K.Na/c1-4-21-25(22-5-2,23-6-3)15-8-7-10-19-12-13-20-11-9-14-24(16,17)18;1-23-26(24-2,25-3)8-4-5-15(9-12(17)18)6-7-16(10-13(19)20)11-14(21)22;1-11(5,6)10-3-2-4-12(7,8)9;;/h4-15H2,1-3H3,(H,16,17,18);4-11H2,1-3H3,(H,17,18)(H,19,20)(H,21,22);7-9H,2-4H2,1H3,(H,5,6);;/q;;;2*+1. The van der Waals surface area contributed by atoms with Gasteiger partial charge < -0.3 is 75.2 Å². The van der Waals surface area contributed by atoms with E-state index in [0.717, 1.165) is 25.6 Å². The molecule has 32 heteroatoms. The van der Waals surface area contributed by atoms with Crippen LogP contribution in [-0.4, -0.2) is 228 Å². The summed E-state index contributed by atoms with van der Waals surface area (Å²) in [5.41, 5.74) is 0. The zero-order valence-corrected chi connectivity index (χ0v) is 49.5. The van der Waals surface area contributed by atoms with E-state index in [1.807, 2.05) is 20.8 Å². The molecule has 25 nitrogen and oxygen atoms in total. The van der Waals surface area contributed by atoms with E-state index < -0.39 is 75.1 Å². The summed E-state index contributed by atoms with van der Waals surface area (Å²) in [7, 11) is -12.2. The maximum Gasteiger partial charge on any atom is 1.00 e. The summed E-state index contributed by atoms with van der Waals surface area (Å²) in [6, 6.07) is 1.07. The molecule has 0 rings (SSSR count). The van der Waals surface area contributed by atoms with Crippen molar-refractivity contribution in [3.8, 4) is 0 Å². The van der Waals surface area contributed by atoms with Crippen LogP contribution in [0.1, 0.15) is 52.9 Å². The summed E-state index contributed by atoms with van der Waals surface area (Å²) in [6.45, 7) is 9.93. The molecule has 1 unspecified atom stereocenters. The first kappa shape index (κ1) is 75.2. The van der Waals surface area contributed by atoms with E-state index >= 15 is 0 Å². The molecule has 0 spiro atoms. The van der Waals surface area contributed by atoms with Crippen molar-refractivity contribution in [1.82, 2.24) is 9.80 Å². The molecule has 0 fully saturated rings. The zero-order chi connectivity index (χ0) is 49.0. The normalized spacial score (nSPS) is 12.8. The van der Waals surface area contributed by atoms with Gasteiger partial charge in [0.15, 0.2) is 0 Å². The van der Waals surface area contributed by atoms with Crippen LogP contribution in [0.3, 0.4) is 0 Å². The van der Waals surface area contributed by atoms with Gasteiger partial charge in [0.1, 0.15) is 0 Å². The summed E-state index contributed by atoms with van der Waals surface area (Å²) in [6.07, 6.45) is 2.75. The minimum absolute atomic E-state index is 0. The molecule has 0 saturated carbocycles.